The van der Waals surface area contributed by atoms with Crippen LogP contribution < -0.4 is 14.4 Å². The molecule has 1 aromatic heterocycles. The second kappa shape index (κ2) is 7.91. The van der Waals surface area contributed by atoms with Crippen molar-refractivity contribution in [3.63, 3.8) is 0 Å². The summed E-state index contributed by atoms with van der Waals surface area (Å²) in [6.45, 7) is 7.03. The van der Waals surface area contributed by atoms with E-state index in [4.69, 9.17) is 19.2 Å². The van der Waals surface area contributed by atoms with Crippen molar-refractivity contribution in [1.29, 1.82) is 0 Å². The number of aryl methyl sites for hydroxylation is 1. The molecular weight excluding hydrogens is 316 g/mol. The van der Waals surface area contributed by atoms with E-state index in [1.165, 1.54) is 5.56 Å². The second-order valence-corrected chi connectivity index (χ2v) is 6.60. The zero-order valence-corrected chi connectivity index (χ0v) is 15.7. The van der Waals surface area contributed by atoms with Gasteiger partial charge in [-0.05, 0) is 43.9 Å². The minimum Gasteiger partial charge on any atom is -0.493 e. The lowest BCUT2D eigenvalue weighted by Crippen LogP contribution is -2.40. The molecule has 1 aliphatic rings. The molecule has 2 heterocycles. The van der Waals surface area contributed by atoms with Gasteiger partial charge in [0.2, 0.25) is 0 Å². The van der Waals surface area contributed by atoms with Crippen molar-refractivity contribution in [2.45, 2.75) is 39.2 Å². The largest absolute Gasteiger partial charge is 0.493 e. The smallest absolute Gasteiger partial charge is 0.162 e. The third kappa shape index (κ3) is 3.82. The van der Waals surface area contributed by atoms with Crippen LogP contribution in [0.4, 0.5) is 5.82 Å². The molecule has 136 valence electrons. The predicted octanol–water partition coefficient (Wildman–Crippen LogP) is 3.96. The minimum absolute atomic E-state index is 0.303. The van der Waals surface area contributed by atoms with Crippen molar-refractivity contribution < 1.29 is 14.2 Å². The minimum atomic E-state index is 0.303. The van der Waals surface area contributed by atoms with Crippen molar-refractivity contribution in [1.82, 2.24) is 4.98 Å². The van der Waals surface area contributed by atoms with E-state index in [0.29, 0.717) is 11.9 Å². The molecule has 0 amide bonds. The molecule has 1 unspecified atom stereocenters. The number of pyridine rings is 1. The average Bonchev–Trinajstić information content (AvgIpc) is 2.65. The number of fused-ring (bicyclic) bond motifs is 1. The lowest BCUT2D eigenvalue weighted by Gasteiger charge is -2.33. The van der Waals surface area contributed by atoms with Crippen LogP contribution in [0.15, 0.2) is 18.2 Å². The van der Waals surface area contributed by atoms with Gasteiger partial charge in [-0.1, -0.05) is 6.92 Å². The Bertz CT molecular complexity index is 732. The molecule has 25 heavy (non-hydrogen) atoms. The maximum atomic E-state index is 5.96. The lowest BCUT2D eigenvalue weighted by molar-refractivity contribution is 0.0439. The molecule has 5 heteroatoms. The van der Waals surface area contributed by atoms with E-state index >= 15 is 0 Å². The maximum absolute atomic E-state index is 5.96. The number of nitrogens with zero attached hydrogens (tertiary/aromatic N) is 2. The van der Waals surface area contributed by atoms with Gasteiger partial charge in [0.25, 0.3) is 0 Å². The van der Waals surface area contributed by atoms with Gasteiger partial charge in [-0.25, -0.2) is 4.98 Å². The molecular formula is C20H28N2O3. The SMILES string of the molecule is CCCOC1CCCN(c2cc(C)c3cc(OC)c(OC)cc3n2)C1. The summed E-state index contributed by atoms with van der Waals surface area (Å²) in [5, 5.41) is 1.09. The Balaban J connectivity index is 1.91. The van der Waals surface area contributed by atoms with Crippen LogP contribution in [-0.4, -0.2) is 45.0 Å². The summed E-state index contributed by atoms with van der Waals surface area (Å²) in [5.41, 5.74) is 2.13. The highest BCUT2D eigenvalue weighted by Gasteiger charge is 2.22. The van der Waals surface area contributed by atoms with E-state index in [-0.39, 0.29) is 0 Å². The van der Waals surface area contributed by atoms with Crippen molar-refractivity contribution in [3.05, 3.63) is 23.8 Å². The Labute approximate surface area is 149 Å². The third-order valence-electron chi connectivity index (χ3n) is 4.77. The van der Waals surface area contributed by atoms with Gasteiger partial charge < -0.3 is 19.1 Å². The highest BCUT2D eigenvalue weighted by atomic mass is 16.5. The molecule has 1 atom stereocenters. The Kier molecular flexibility index (Phi) is 5.63. The maximum Gasteiger partial charge on any atom is 0.162 e. The molecule has 0 radical (unpaired) electrons. The first-order chi connectivity index (χ1) is 12.2. The van der Waals surface area contributed by atoms with E-state index in [1.807, 2.05) is 12.1 Å². The summed E-state index contributed by atoms with van der Waals surface area (Å²) in [6, 6.07) is 6.12. The number of benzene rings is 1. The normalized spacial score (nSPS) is 17.8. The van der Waals surface area contributed by atoms with Crippen LogP contribution in [0.2, 0.25) is 0 Å². The van der Waals surface area contributed by atoms with Crippen LogP contribution in [0, 0.1) is 6.92 Å². The molecule has 1 aromatic carbocycles. The number of ether oxygens (including phenoxy) is 3. The van der Waals surface area contributed by atoms with Crippen molar-refractivity contribution in [2.24, 2.45) is 0 Å². The molecule has 1 fully saturated rings. The first-order valence-corrected chi connectivity index (χ1v) is 9.06. The average molecular weight is 344 g/mol. The number of hydrogen-bond acceptors (Lipinski definition) is 5. The van der Waals surface area contributed by atoms with Crippen LogP contribution in [-0.2, 0) is 4.74 Å². The van der Waals surface area contributed by atoms with Gasteiger partial charge in [-0.3, -0.25) is 0 Å². The van der Waals surface area contributed by atoms with Crippen molar-refractivity contribution in [3.8, 4) is 11.5 Å². The monoisotopic (exact) mass is 344 g/mol. The number of anilines is 1. The molecule has 0 bridgehead atoms. The molecule has 2 aromatic rings. The zero-order chi connectivity index (χ0) is 17.8. The van der Waals surface area contributed by atoms with Crippen LogP contribution in [0.5, 0.6) is 11.5 Å². The summed E-state index contributed by atoms with van der Waals surface area (Å²) in [6.07, 6.45) is 3.63. The van der Waals surface area contributed by atoms with Crippen LogP contribution in [0.3, 0.4) is 0 Å². The Morgan fingerprint density at radius 2 is 1.92 bits per heavy atom. The Morgan fingerprint density at radius 1 is 1.16 bits per heavy atom. The fourth-order valence-corrected chi connectivity index (χ4v) is 3.43. The Morgan fingerprint density at radius 3 is 2.64 bits per heavy atom. The Hall–Kier alpha value is -2.01. The van der Waals surface area contributed by atoms with E-state index in [2.05, 4.69) is 24.8 Å². The van der Waals surface area contributed by atoms with Gasteiger partial charge in [0, 0.05) is 31.1 Å². The number of rotatable bonds is 6. The van der Waals surface area contributed by atoms with Gasteiger partial charge >= 0.3 is 0 Å². The van der Waals surface area contributed by atoms with Gasteiger partial charge in [-0.15, -0.1) is 0 Å². The molecule has 0 spiro atoms. The van der Waals surface area contributed by atoms with Crippen LogP contribution >= 0.6 is 0 Å². The highest BCUT2D eigenvalue weighted by molar-refractivity contribution is 5.87. The molecule has 5 nitrogen and oxygen atoms in total. The fraction of sp³-hybridized carbons (Fsp3) is 0.550. The molecule has 0 N–H and O–H groups in total. The third-order valence-corrected chi connectivity index (χ3v) is 4.77. The number of hydrogen-bond donors (Lipinski definition) is 0. The van der Waals surface area contributed by atoms with E-state index in [1.54, 1.807) is 14.2 Å². The van der Waals surface area contributed by atoms with Gasteiger partial charge in [0.05, 0.1) is 25.8 Å². The summed E-state index contributed by atoms with van der Waals surface area (Å²) in [5.74, 6) is 2.46. The first kappa shape index (κ1) is 17.8. The fourth-order valence-electron chi connectivity index (χ4n) is 3.43. The molecule has 1 aliphatic heterocycles. The van der Waals surface area contributed by atoms with Crippen molar-refractivity contribution in [2.75, 3.05) is 38.8 Å². The van der Waals surface area contributed by atoms with Crippen LogP contribution in [0.25, 0.3) is 10.9 Å². The van der Waals surface area contributed by atoms with E-state index < -0.39 is 0 Å². The van der Waals surface area contributed by atoms with Crippen molar-refractivity contribution >= 4 is 16.7 Å². The van der Waals surface area contributed by atoms with E-state index in [9.17, 15) is 0 Å². The molecule has 0 saturated carbocycles. The first-order valence-electron chi connectivity index (χ1n) is 9.06. The highest BCUT2D eigenvalue weighted by Crippen LogP contribution is 2.34. The summed E-state index contributed by atoms with van der Waals surface area (Å²) in [7, 11) is 3.31. The summed E-state index contributed by atoms with van der Waals surface area (Å²) >= 11 is 0. The van der Waals surface area contributed by atoms with Gasteiger partial charge in [-0.2, -0.15) is 0 Å². The quantitative estimate of drug-likeness (QED) is 0.794. The number of piperidine rings is 1. The van der Waals surface area contributed by atoms with Gasteiger partial charge in [0.15, 0.2) is 11.5 Å². The lowest BCUT2D eigenvalue weighted by atomic mass is 10.1. The predicted molar refractivity (Wildman–Crippen MR) is 101 cm³/mol. The molecule has 0 aliphatic carbocycles. The van der Waals surface area contributed by atoms with Crippen LogP contribution in [0.1, 0.15) is 31.7 Å². The molecule has 3 rings (SSSR count). The summed E-state index contributed by atoms with van der Waals surface area (Å²) < 4.78 is 16.8. The number of aromatic nitrogens is 1. The summed E-state index contributed by atoms with van der Waals surface area (Å²) in [4.78, 5) is 7.23. The molecule has 1 saturated heterocycles. The second-order valence-electron chi connectivity index (χ2n) is 6.60. The van der Waals surface area contributed by atoms with Gasteiger partial charge in [0.1, 0.15) is 5.82 Å². The number of methoxy groups -OCH3 is 2. The standard InChI is InChI=1S/C20H28N2O3/c1-5-9-25-15-7-6-8-22(13-15)20-10-14(2)16-11-18(23-3)19(24-4)12-17(16)21-20/h10-12,15H,5-9,13H2,1-4H3. The zero-order valence-electron chi connectivity index (χ0n) is 15.7. The topological polar surface area (TPSA) is 43.8 Å². The van der Waals surface area contributed by atoms with E-state index in [0.717, 1.165) is 61.4 Å².